The smallest absolute Gasteiger partial charge is 0.171 e. The second kappa shape index (κ2) is 6.60. The zero-order valence-corrected chi connectivity index (χ0v) is 14.5. The molecule has 0 atom stereocenters. The Labute approximate surface area is 144 Å². The summed E-state index contributed by atoms with van der Waals surface area (Å²) in [7, 11) is 1.80. The monoisotopic (exact) mass is 348 g/mol. The van der Waals surface area contributed by atoms with Crippen molar-refractivity contribution in [2.75, 3.05) is 5.32 Å². The van der Waals surface area contributed by atoms with Gasteiger partial charge >= 0.3 is 0 Å². The van der Waals surface area contributed by atoms with Crippen molar-refractivity contribution in [1.29, 1.82) is 0 Å². The molecule has 6 nitrogen and oxygen atoms in total. The van der Waals surface area contributed by atoms with E-state index in [0.29, 0.717) is 29.6 Å². The molecule has 0 aliphatic carbocycles. The van der Waals surface area contributed by atoms with Crippen LogP contribution in [-0.4, -0.2) is 24.8 Å². The van der Waals surface area contributed by atoms with Gasteiger partial charge in [0, 0.05) is 24.7 Å². The first-order chi connectivity index (χ1) is 11.5. The number of aryl methyl sites for hydroxylation is 2. The average Bonchev–Trinajstić information content (AvgIpc) is 3.01. The Morgan fingerprint density at radius 1 is 1.25 bits per heavy atom. The molecule has 0 fully saturated rings. The third kappa shape index (κ3) is 3.12. The molecule has 2 heterocycles. The molecule has 3 aromatic rings. The molecule has 126 valence electrons. The van der Waals surface area contributed by atoms with E-state index in [1.807, 2.05) is 13.8 Å². The molecule has 0 radical (unpaired) electrons. The minimum atomic E-state index is -0.250. The first-order valence-electron chi connectivity index (χ1n) is 7.52. The van der Waals surface area contributed by atoms with Crippen molar-refractivity contribution in [1.82, 2.24) is 24.8 Å². The molecule has 0 bridgehead atoms. The molecule has 2 aromatic heterocycles. The quantitative estimate of drug-likeness (QED) is 0.769. The summed E-state index contributed by atoms with van der Waals surface area (Å²) in [5, 5.41) is 16.3. The number of rotatable bonds is 5. The van der Waals surface area contributed by atoms with Crippen LogP contribution in [0.4, 0.5) is 10.2 Å². The Morgan fingerprint density at radius 2 is 2.00 bits per heavy atom. The van der Waals surface area contributed by atoms with Gasteiger partial charge in [-0.3, -0.25) is 4.68 Å². The van der Waals surface area contributed by atoms with Gasteiger partial charge in [-0.25, -0.2) is 9.07 Å². The topological polar surface area (TPSA) is 60.6 Å². The summed E-state index contributed by atoms with van der Waals surface area (Å²) in [5.74, 6) is 0.394. The van der Waals surface area contributed by atoms with Crippen molar-refractivity contribution in [3.05, 3.63) is 57.8 Å². The maximum Gasteiger partial charge on any atom is 0.171 e. The van der Waals surface area contributed by atoms with Crippen LogP contribution in [0.25, 0.3) is 0 Å². The van der Waals surface area contributed by atoms with Gasteiger partial charge in [0.25, 0.3) is 0 Å². The van der Waals surface area contributed by atoms with E-state index in [9.17, 15) is 4.39 Å². The van der Waals surface area contributed by atoms with Crippen LogP contribution in [0.5, 0.6) is 0 Å². The molecule has 24 heavy (non-hydrogen) atoms. The highest BCUT2D eigenvalue weighted by atomic mass is 35.5. The molecule has 1 aromatic carbocycles. The lowest BCUT2D eigenvalue weighted by Crippen LogP contribution is -2.07. The fraction of sp³-hybridized carbons (Fsp3) is 0.312. The van der Waals surface area contributed by atoms with Crippen LogP contribution in [0.3, 0.4) is 0 Å². The predicted octanol–water partition coefficient (Wildman–Crippen LogP) is 3.08. The molecule has 0 aliphatic rings. The van der Waals surface area contributed by atoms with Crippen molar-refractivity contribution in [2.24, 2.45) is 7.05 Å². The summed E-state index contributed by atoms with van der Waals surface area (Å²) in [6.07, 6.45) is 0. The van der Waals surface area contributed by atoms with E-state index in [2.05, 4.69) is 20.7 Å². The fourth-order valence-electron chi connectivity index (χ4n) is 2.51. The first-order valence-corrected chi connectivity index (χ1v) is 7.90. The zero-order valence-electron chi connectivity index (χ0n) is 13.7. The largest absolute Gasteiger partial charge is 0.363 e. The summed E-state index contributed by atoms with van der Waals surface area (Å²) in [5.41, 5.74) is 3.19. The number of aromatic nitrogens is 5. The van der Waals surface area contributed by atoms with Gasteiger partial charge in [0.1, 0.15) is 11.0 Å². The second-order valence-electron chi connectivity index (χ2n) is 5.60. The van der Waals surface area contributed by atoms with Gasteiger partial charge in [0.2, 0.25) is 0 Å². The molecule has 8 heteroatoms. The highest BCUT2D eigenvalue weighted by Crippen LogP contribution is 2.21. The minimum absolute atomic E-state index is 0.250. The van der Waals surface area contributed by atoms with Crippen molar-refractivity contribution in [2.45, 2.75) is 26.9 Å². The summed E-state index contributed by atoms with van der Waals surface area (Å²) >= 11 is 6.23. The van der Waals surface area contributed by atoms with Crippen LogP contribution in [-0.2, 0) is 20.1 Å². The summed E-state index contributed by atoms with van der Waals surface area (Å²) in [4.78, 5) is 0. The molecule has 0 spiro atoms. The van der Waals surface area contributed by atoms with Crippen LogP contribution in [0.2, 0.25) is 5.15 Å². The van der Waals surface area contributed by atoms with Gasteiger partial charge in [0.15, 0.2) is 5.82 Å². The first kappa shape index (κ1) is 16.4. The van der Waals surface area contributed by atoms with Crippen molar-refractivity contribution < 1.29 is 4.39 Å². The standard InChI is InChI=1S/C16H18ClFN6/c1-10-13(15(17)23(3)21-10)8-19-16-11(2)24(22-20-16)9-12-6-4-5-7-14(12)18/h4-7,19H,8-9H2,1-3H3. The van der Waals surface area contributed by atoms with E-state index < -0.39 is 0 Å². The molecule has 0 unspecified atom stereocenters. The molecule has 0 saturated carbocycles. The maximum absolute atomic E-state index is 13.8. The van der Waals surface area contributed by atoms with Gasteiger partial charge in [-0.2, -0.15) is 5.10 Å². The van der Waals surface area contributed by atoms with Crippen LogP contribution in [0.1, 0.15) is 22.5 Å². The molecule has 0 amide bonds. The number of hydrogen-bond donors (Lipinski definition) is 1. The molecule has 1 N–H and O–H groups in total. The summed E-state index contributed by atoms with van der Waals surface area (Å²) < 4.78 is 17.1. The van der Waals surface area contributed by atoms with Gasteiger partial charge in [-0.1, -0.05) is 35.0 Å². The molecule has 0 saturated heterocycles. The van der Waals surface area contributed by atoms with E-state index in [4.69, 9.17) is 11.6 Å². The van der Waals surface area contributed by atoms with E-state index in [0.717, 1.165) is 17.0 Å². The fourth-order valence-corrected chi connectivity index (χ4v) is 2.75. The summed E-state index contributed by atoms with van der Waals surface area (Å²) in [6.45, 7) is 4.63. The van der Waals surface area contributed by atoms with Crippen molar-refractivity contribution in [3.63, 3.8) is 0 Å². The average molecular weight is 349 g/mol. The van der Waals surface area contributed by atoms with E-state index in [1.165, 1.54) is 6.07 Å². The molecule has 3 rings (SSSR count). The molecular weight excluding hydrogens is 331 g/mol. The lowest BCUT2D eigenvalue weighted by molar-refractivity contribution is 0.571. The van der Waals surface area contributed by atoms with E-state index in [-0.39, 0.29) is 5.82 Å². The van der Waals surface area contributed by atoms with Gasteiger partial charge in [-0.05, 0) is 19.9 Å². The van der Waals surface area contributed by atoms with Crippen LogP contribution < -0.4 is 5.32 Å². The Bertz CT molecular complexity index is 870. The zero-order chi connectivity index (χ0) is 17.3. The Hall–Kier alpha value is -2.41. The number of anilines is 1. The molecule has 0 aliphatic heterocycles. The van der Waals surface area contributed by atoms with E-state index >= 15 is 0 Å². The minimum Gasteiger partial charge on any atom is -0.363 e. The van der Waals surface area contributed by atoms with Gasteiger partial charge < -0.3 is 5.32 Å². The van der Waals surface area contributed by atoms with E-state index in [1.54, 1.807) is 34.6 Å². The predicted molar refractivity (Wildman–Crippen MR) is 90.5 cm³/mol. The third-order valence-corrected chi connectivity index (χ3v) is 4.44. The maximum atomic E-state index is 13.8. The van der Waals surface area contributed by atoms with Crippen molar-refractivity contribution in [3.8, 4) is 0 Å². The number of hydrogen-bond acceptors (Lipinski definition) is 4. The highest BCUT2D eigenvalue weighted by Gasteiger charge is 2.14. The Balaban J connectivity index is 1.74. The normalized spacial score (nSPS) is 11.0. The number of halogens is 2. The SMILES string of the molecule is Cc1nn(C)c(Cl)c1CNc1nnn(Cc2ccccc2F)c1C. The second-order valence-corrected chi connectivity index (χ2v) is 5.96. The third-order valence-electron chi connectivity index (χ3n) is 3.96. The lowest BCUT2D eigenvalue weighted by atomic mass is 10.2. The number of benzene rings is 1. The molecular formula is C16H18ClFN6. The Kier molecular flexibility index (Phi) is 4.53. The van der Waals surface area contributed by atoms with Crippen LogP contribution in [0.15, 0.2) is 24.3 Å². The van der Waals surface area contributed by atoms with Gasteiger partial charge in [-0.15, -0.1) is 5.10 Å². The van der Waals surface area contributed by atoms with Crippen LogP contribution >= 0.6 is 11.6 Å². The number of nitrogens with zero attached hydrogens (tertiary/aromatic N) is 5. The lowest BCUT2D eigenvalue weighted by Gasteiger charge is -2.06. The Morgan fingerprint density at radius 3 is 2.67 bits per heavy atom. The number of nitrogens with one attached hydrogen (secondary N) is 1. The summed E-state index contributed by atoms with van der Waals surface area (Å²) in [6, 6.07) is 6.65. The van der Waals surface area contributed by atoms with Crippen molar-refractivity contribution >= 4 is 17.4 Å². The van der Waals surface area contributed by atoms with Gasteiger partial charge in [0.05, 0.1) is 17.9 Å². The highest BCUT2D eigenvalue weighted by molar-refractivity contribution is 6.30. The van der Waals surface area contributed by atoms with Crippen LogP contribution in [0, 0.1) is 19.7 Å².